The predicted octanol–water partition coefficient (Wildman–Crippen LogP) is 4.77. The van der Waals surface area contributed by atoms with Crippen LogP contribution >= 0.6 is 11.3 Å². The molecule has 0 unspecified atom stereocenters. The number of amides is 1. The van der Waals surface area contributed by atoms with E-state index in [9.17, 15) is 4.79 Å². The maximum absolute atomic E-state index is 12.8. The Labute approximate surface area is 159 Å². The zero-order chi connectivity index (χ0) is 18.8. The van der Waals surface area contributed by atoms with E-state index in [2.05, 4.69) is 11.6 Å². The first-order chi connectivity index (χ1) is 13.2. The smallest absolute Gasteiger partial charge is 0.315 e. The summed E-state index contributed by atoms with van der Waals surface area (Å²) < 4.78 is 14.4. The number of carbonyl (C=O) groups is 1. The van der Waals surface area contributed by atoms with E-state index < -0.39 is 5.91 Å². The maximum atomic E-state index is 12.8. The third-order valence-electron chi connectivity index (χ3n) is 4.12. The van der Waals surface area contributed by atoms with Crippen molar-refractivity contribution in [1.29, 1.82) is 0 Å². The first-order valence-electron chi connectivity index (χ1n) is 8.65. The number of hydrogen-bond acceptors (Lipinski definition) is 4. The number of ether oxygens (including phenoxy) is 1. The quantitative estimate of drug-likeness (QED) is 0.470. The predicted molar refractivity (Wildman–Crippen MR) is 107 cm³/mol. The van der Waals surface area contributed by atoms with E-state index in [1.165, 1.54) is 11.3 Å². The molecule has 0 radical (unpaired) electrons. The first kappa shape index (κ1) is 17.3. The zero-order valence-electron chi connectivity index (χ0n) is 14.8. The van der Waals surface area contributed by atoms with Crippen molar-refractivity contribution < 1.29 is 13.9 Å². The molecule has 0 atom stereocenters. The molecule has 1 amide bonds. The van der Waals surface area contributed by atoms with Gasteiger partial charge in [0, 0.05) is 11.9 Å². The number of para-hydroxylation sites is 2. The van der Waals surface area contributed by atoms with Gasteiger partial charge in [-0.15, -0.1) is 6.58 Å². The van der Waals surface area contributed by atoms with Crippen LogP contribution in [0.15, 0.2) is 70.6 Å². The number of allylic oxidation sites excluding steroid dienone is 1. The molecule has 0 bridgehead atoms. The number of rotatable bonds is 5. The molecular weight excluding hydrogens is 360 g/mol. The molecule has 0 N–H and O–H groups in total. The van der Waals surface area contributed by atoms with Gasteiger partial charge in [0.25, 0.3) is 0 Å². The van der Waals surface area contributed by atoms with Crippen LogP contribution in [0.5, 0.6) is 5.75 Å². The van der Waals surface area contributed by atoms with Gasteiger partial charge in [-0.25, -0.2) is 0 Å². The molecule has 5 nitrogen and oxygen atoms in total. The van der Waals surface area contributed by atoms with E-state index in [1.54, 1.807) is 12.1 Å². The summed E-state index contributed by atoms with van der Waals surface area (Å²) in [6, 6.07) is 15.2. The van der Waals surface area contributed by atoms with E-state index >= 15 is 0 Å². The van der Waals surface area contributed by atoms with E-state index in [4.69, 9.17) is 9.15 Å². The average molecular weight is 378 g/mol. The minimum Gasteiger partial charge on any atom is -0.490 e. The molecule has 4 rings (SSSR count). The van der Waals surface area contributed by atoms with Crippen molar-refractivity contribution in [2.24, 2.45) is 4.99 Å². The fourth-order valence-electron chi connectivity index (χ4n) is 2.96. The van der Waals surface area contributed by atoms with Crippen molar-refractivity contribution in [1.82, 2.24) is 4.57 Å². The van der Waals surface area contributed by atoms with Gasteiger partial charge in [-0.3, -0.25) is 4.79 Å². The molecule has 0 saturated carbocycles. The summed E-state index contributed by atoms with van der Waals surface area (Å²) in [5, 5.41) is 0.815. The van der Waals surface area contributed by atoms with E-state index in [0.717, 1.165) is 15.6 Å². The summed E-state index contributed by atoms with van der Waals surface area (Å²) in [6.07, 6.45) is 1.79. The summed E-state index contributed by atoms with van der Waals surface area (Å²) in [4.78, 5) is 17.7. The van der Waals surface area contributed by atoms with Crippen molar-refractivity contribution in [2.45, 2.75) is 13.5 Å². The highest BCUT2D eigenvalue weighted by molar-refractivity contribution is 7.16. The van der Waals surface area contributed by atoms with Gasteiger partial charge in [-0.05, 0) is 31.2 Å². The monoisotopic (exact) mass is 378 g/mol. The highest BCUT2D eigenvalue weighted by Crippen LogP contribution is 2.29. The summed E-state index contributed by atoms with van der Waals surface area (Å²) in [7, 11) is 0. The molecule has 0 aliphatic carbocycles. The van der Waals surface area contributed by atoms with Crippen LogP contribution < -0.4 is 9.54 Å². The van der Waals surface area contributed by atoms with Gasteiger partial charge in [-0.1, -0.05) is 41.7 Å². The highest BCUT2D eigenvalue weighted by atomic mass is 32.1. The van der Waals surface area contributed by atoms with Crippen LogP contribution in [0.25, 0.3) is 21.2 Å². The molecule has 0 spiro atoms. The molecule has 0 aliphatic rings. The third kappa shape index (κ3) is 3.19. The van der Waals surface area contributed by atoms with Gasteiger partial charge in [0.05, 0.1) is 16.8 Å². The van der Waals surface area contributed by atoms with Crippen LogP contribution in [-0.4, -0.2) is 17.1 Å². The van der Waals surface area contributed by atoms with Crippen LogP contribution in [0.2, 0.25) is 0 Å². The van der Waals surface area contributed by atoms with Crippen molar-refractivity contribution >= 4 is 38.4 Å². The van der Waals surface area contributed by atoms with Crippen LogP contribution in [0.4, 0.5) is 0 Å². The SMILES string of the molecule is C=CCn1c(=NC(=O)c2cc3cccc(OCC)c3o2)sc2ccccc21. The largest absolute Gasteiger partial charge is 0.490 e. The number of fused-ring (bicyclic) bond motifs is 2. The van der Waals surface area contributed by atoms with Gasteiger partial charge >= 0.3 is 5.91 Å². The van der Waals surface area contributed by atoms with Crippen molar-refractivity contribution in [3.63, 3.8) is 0 Å². The molecule has 136 valence electrons. The summed E-state index contributed by atoms with van der Waals surface area (Å²) in [5.74, 6) is 0.399. The van der Waals surface area contributed by atoms with Crippen molar-refractivity contribution in [3.05, 3.63) is 71.7 Å². The summed E-state index contributed by atoms with van der Waals surface area (Å²) in [6.45, 7) is 6.81. The fraction of sp³-hybridized carbons (Fsp3) is 0.143. The Morgan fingerprint density at radius 3 is 2.96 bits per heavy atom. The lowest BCUT2D eigenvalue weighted by atomic mass is 10.2. The molecule has 0 aliphatic heterocycles. The van der Waals surface area contributed by atoms with Crippen LogP contribution in [-0.2, 0) is 6.54 Å². The van der Waals surface area contributed by atoms with Crippen LogP contribution in [0, 0.1) is 0 Å². The molecule has 2 aromatic carbocycles. The van der Waals surface area contributed by atoms with E-state index in [-0.39, 0.29) is 5.76 Å². The number of benzene rings is 2. The second-order valence-electron chi connectivity index (χ2n) is 5.89. The van der Waals surface area contributed by atoms with Crippen LogP contribution in [0.3, 0.4) is 0 Å². The van der Waals surface area contributed by atoms with Gasteiger partial charge in [0.15, 0.2) is 21.9 Å². The Kier molecular flexibility index (Phi) is 4.64. The second-order valence-corrected chi connectivity index (χ2v) is 6.90. The number of thiazole rings is 1. The average Bonchev–Trinajstić information content (AvgIpc) is 3.25. The molecule has 6 heteroatoms. The summed E-state index contributed by atoms with van der Waals surface area (Å²) in [5.41, 5.74) is 1.59. The number of carbonyl (C=O) groups excluding carboxylic acids is 1. The molecular formula is C21H18N2O3S. The van der Waals surface area contributed by atoms with Crippen molar-refractivity contribution in [2.75, 3.05) is 6.61 Å². The Balaban J connectivity index is 1.81. The first-order valence-corrected chi connectivity index (χ1v) is 9.46. The minimum atomic E-state index is -0.419. The lowest BCUT2D eigenvalue weighted by Crippen LogP contribution is -2.16. The van der Waals surface area contributed by atoms with Crippen molar-refractivity contribution in [3.8, 4) is 5.75 Å². The number of aromatic nitrogens is 1. The maximum Gasteiger partial charge on any atom is 0.315 e. The van der Waals surface area contributed by atoms with E-state index in [1.807, 2.05) is 54.0 Å². The van der Waals surface area contributed by atoms with Crippen LogP contribution in [0.1, 0.15) is 17.5 Å². The lowest BCUT2D eigenvalue weighted by Gasteiger charge is -2.02. The normalized spacial score (nSPS) is 12.0. The topological polar surface area (TPSA) is 56.7 Å². The zero-order valence-corrected chi connectivity index (χ0v) is 15.7. The molecule has 2 aromatic heterocycles. The molecule has 2 heterocycles. The Morgan fingerprint density at radius 1 is 1.30 bits per heavy atom. The van der Waals surface area contributed by atoms with Gasteiger partial charge in [-0.2, -0.15) is 4.99 Å². The molecule has 27 heavy (non-hydrogen) atoms. The molecule has 0 saturated heterocycles. The summed E-state index contributed by atoms with van der Waals surface area (Å²) >= 11 is 1.47. The van der Waals surface area contributed by atoms with Gasteiger partial charge in [0.1, 0.15) is 0 Å². The Bertz CT molecular complexity index is 1210. The van der Waals surface area contributed by atoms with E-state index in [0.29, 0.717) is 29.3 Å². The van der Waals surface area contributed by atoms with Gasteiger partial charge in [0.2, 0.25) is 0 Å². The number of hydrogen-bond donors (Lipinski definition) is 0. The van der Waals surface area contributed by atoms with Gasteiger partial charge < -0.3 is 13.7 Å². The minimum absolute atomic E-state index is 0.194. The number of furan rings is 1. The Morgan fingerprint density at radius 2 is 2.15 bits per heavy atom. The second kappa shape index (κ2) is 7.25. The highest BCUT2D eigenvalue weighted by Gasteiger charge is 2.15. The fourth-order valence-corrected chi connectivity index (χ4v) is 4.00. The Hall–Kier alpha value is -3.12. The molecule has 0 fully saturated rings. The lowest BCUT2D eigenvalue weighted by molar-refractivity contribution is 0.0973. The molecule has 4 aromatic rings. The third-order valence-corrected chi connectivity index (χ3v) is 5.18. The standard InChI is InChI=1S/C21H18N2O3S/c1-3-12-23-15-9-5-6-11-18(15)27-21(23)22-20(24)17-13-14-8-7-10-16(25-4-2)19(14)26-17/h3,5-11,13H,1,4,12H2,2H3. The number of nitrogens with zero attached hydrogens (tertiary/aromatic N) is 2.